The number of primary amides is 1. The van der Waals surface area contributed by atoms with Crippen LogP contribution >= 0.6 is 0 Å². The number of rotatable bonds is 3. The topological polar surface area (TPSA) is 65.2 Å². The fourth-order valence-electron chi connectivity index (χ4n) is 1.65. The van der Waals surface area contributed by atoms with E-state index in [9.17, 15) is 4.79 Å². The fourth-order valence-corrected chi connectivity index (χ4v) is 1.65. The van der Waals surface area contributed by atoms with Gasteiger partial charge in [-0.15, -0.1) is 0 Å². The van der Waals surface area contributed by atoms with Crippen LogP contribution in [-0.4, -0.2) is 11.1 Å². The number of nitrogens with two attached hydrogens (primary N) is 1. The Hall–Kier alpha value is -2.36. The van der Waals surface area contributed by atoms with Gasteiger partial charge in [0, 0.05) is 11.3 Å². The summed E-state index contributed by atoms with van der Waals surface area (Å²) < 4.78 is 4.77. The maximum absolute atomic E-state index is 10.6. The van der Waals surface area contributed by atoms with Gasteiger partial charge in [0.05, 0.1) is 5.69 Å². The summed E-state index contributed by atoms with van der Waals surface area (Å²) >= 11 is 0. The molecule has 0 radical (unpaired) electrons. The number of ether oxygens (including phenoxy) is 1. The van der Waals surface area contributed by atoms with Gasteiger partial charge < -0.3 is 10.5 Å². The van der Waals surface area contributed by atoms with Crippen molar-refractivity contribution in [1.29, 1.82) is 0 Å². The Labute approximate surface area is 105 Å². The lowest BCUT2D eigenvalue weighted by molar-refractivity contribution is 0.211. The molecule has 0 aliphatic carbocycles. The van der Waals surface area contributed by atoms with Crippen molar-refractivity contribution in [2.45, 2.75) is 13.3 Å². The number of aromatic nitrogens is 1. The zero-order valence-corrected chi connectivity index (χ0v) is 10.1. The molecular formula is C14H14N2O2. The summed E-state index contributed by atoms with van der Waals surface area (Å²) in [7, 11) is 0. The normalized spacial score (nSPS) is 10.1. The minimum Gasteiger partial charge on any atom is -0.411 e. The predicted octanol–water partition coefficient (Wildman–Crippen LogP) is 2.77. The van der Waals surface area contributed by atoms with Crippen molar-refractivity contribution in [3.8, 4) is 17.0 Å². The number of benzene rings is 1. The van der Waals surface area contributed by atoms with Crippen LogP contribution in [0, 0.1) is 0 Å². The molecule has 4 heteroatoms. The lowest BCUT2D eigenvalue weighted by Crippen LogP contribution is -2.16. The van der Waals surface area contributed by atoms with Crippen molar-refractivity contribution in [2.24, 2.45) is 5.73 Å². The second-order valence-corrected chi connectivity index (χ2v) is 3.81. The van der Waals surface area contributed by atoms with Gasteiger partial charge in [0.25, 0.3) is 0 Å². The lowest BCUT2D eigenvalue weighted by Gasteiger charge is -2.05. The smallest absolute Gasteiger partial charge is 0.409 e. The highest BCUT2D eigenvalue weighted by Crippen LogP contribution is 2.21. The molecule has 0 aliphatic rings. The van der Waals surface area contributed by atoms with E-state index in [-0.39, 0.29) is 0 Å². The quantitative estimate of drug-likeness (QED) is 0.900. The number of hydrogen-bond acceptors (Lipinski definition) is 3. The number of carbonyl (C=O) groups is 1. The lowest BCUT2D eigenvalue weighted by atomic mass is 10.1. The van der Waals surface area contributed by atoms with Crippen LogP contribution in [0.1, 0.15) is 12.6 Å². The first kappa shape index (κ1) is 12.1. The largest absolute Gasteiger partial charge is 0.411 e. The molecular weight excluding hydrogens is 228 g/mol. The van der Waals surface area contributed by atoms with Gasteiger partial charge in [-0.2, -0.15) is 0 Å². The van der Waals surface area contributed by atoms with Crippen molar-refractivity contribution in [2.75, 3.05) is 0 Å². The molecule has 1 aromatic carbocycles. The molecule has 2 N–H and O–H groups in total. The van der Waals surface area contributed by atoms with Gasteiger partial charge in [0.2, 0.25) is 0 Å². The van der Waals surface area contributed by atoms with Gasteiger partial charge in [-0.25, -0.2) is 4.79 Å². The maximum Gasteiger partial charge on any atom is 0.409 e. The monoisotopic (exact) mass is 242 g/mol. The van der Waals surface area contributed by atoms with E-state index in [1.807, 2.05) is 30.3 Å². The second-order valence-electron chi connectivity index (χ2n) is 3.81. The number of carbonyl (C=O) groups excluding carboxylic acids is 1. The summed E-state index contributed by atoms with van der Waals surface area (Å²) in [6.45, 7) is 2.07. The third-order valence-electron chi connectivity index (χ3n) is 2.54. The molecule has 0 spiro atoms. The Balaban J connectivity index is 2.25. The summed E-state index contributed by atoms with van der Waals surface area (Å²) in [6, 6.07) is 13.0. The Morgan fingerprint density at radius 3 is 2.56 bits per heavy atom. The highest BCUT2D eigenvalue weighted by Gasteiger charge is 2.02. The average Bonchev–Trinajstić information content (AvgIpc) is 2.39. The van der Waals surface area contributed by atoms with E-state index in [1.54, 1.807) is 12.1 Å². The zero-order chi connectivity index (χ0) is 13.0. The van der Waals surface area contributed by atoms with E-state index in [2.05, 4.69) is 11.9 Å². The van der Waals surface area contributed by atoms with Crippen molar-refractivity contribution in [1.82, 2.24) is 4.98 Å². The minimum atomic E-state index is -0.811. The van der Waals surface area contributed by atoms with Crippen LogP contribution in [0.2, 0.25) is 0 Å². The molecule has 4 nitrogen and oxygen atoms in total. The zero-order valence-electron chi connectivity index (χ0n) is 10.1. The van der Waals surface area contributed by atoms with Crippen LogP contribution in [0.25, 0.3) is 11.3 Å². The van der Waals surface area contributed by atoms with Gasteiger partial charge in [0.1, 0.15) is 5.75 Å². The molecule has 2 rings (SSSR count). The summed E-state index contributed by atoms with van der Waals surface area (Å²) in [5, 5.41) is 0. The Kier molecular flexibility index (Phi) is 3.57. The van der Waals surface area contributed by atoms with Gasteiger partial charge >= 0.3 is 6.09 Å². The Morgan fingerprint density at radius 2 is 1.94 bits per heavy atom. The van der Waals surface area contributed by atoms with Gasteiger partial charge in [0.15, 0.2) is 0 Å². The molecule has 1 aromatic heterocycles. The SMILES string of the molecule is CCc1cccc(-c2ccc(OC(N)=O)cc2)n1. The third-order valence-corrected chi connectivity index (χ3v) is 2.54. The highest BCUT2D eigenvalue weighted by molar-refractivity contribution is 5.69. The maximum atomic E-state index is 10.6. The molecule has 92 valence electrons. The van der Waals surface area contributed by atoms with Crippen molar-refractivity contribution < 1.29 is 9.53 Å². The molecule has 0 aliphatic heterocycles. The molecule has 2 aromatic rings. The van der Waals surface area contributed by atoms with Crippen LogP contribution < -0.4 is 10.5 Å². The van der Waals surface area contributed by atoms with E-state index in [0.29, 0.717) is 5.75 Å². The van der Waals surface area contributed by atoms with Crippen LogP contribution in [-0.2, 0) is 6.42 Å². The average molecular weight is 242 g/mol. The highest BCUT2D eigenvalue weighted by atomic mass is 16.5. The Bertz CT molecular complexity index is 550. The van der Waals surface area contributed by atoms with Gasteiger partial charge in [-0.05, 0) is 42.8 Å². The van der Waals surface area contributed by atoms with Crippen LogP contribution in [0.5, 0.6) is 5.75 Å². The van der Waals surface area contributed by atoms with E-state index < -0.39 is 6.09 Å². The van der Waals surface area contributed by atoms with E-state index in [4.69, 9.17) is 10.5 Å². The first-order chi connectivity index (χ1) is 8.69. The molecule has 0 saturated heterocycles. The Morgan fingerprint density at radius 1 is 1.22 bits per heavy atom. The van der Waals surface area contributed by atoms with Crippen LogP contribution in [0.3, 0.4) is 0 Å². The van der Waals surface area contributed by atoms with Gasteiger partial charge in [-0.1, -0.05) is 13.0 Å². The van der Waals surface area contributed by atoms with E-state index >= 15 is 0 Å². The van der Waals surface area contributed by atoms with Crippen molar-refractivity contribution in [3.63, 3.8) is 0 Å². The molecule has 18 heavy (non-hydrogen) atoms. The minimum absolute atomic E-state index is 0.429. The molecule has 0 bridgehead atoms. The molecule has 1 heterocycles. The van der Waals surface area contributed by atoms with Gasteiger partial charge in [-0.3, -0.25) is 4.98 Å². The first-order valence-corrected chi connectivity index (χ1v) is 5.72. The van der Waals surface area contributed by atoms with E-state index in [1.165, 1.54) is 0 Å². The number of hydrogen-bond donors (Lipinski definition) is 1. The first-order valence-electron chi connectivity index (χ1n) is 5.72. The predicted molar refractivity (Wildman–Crippen MR) is 69.3 cm³/mol. The summed E-state index contributed by atoms with van der Waals surface area (Å²) in [6.07, 6.45) is 0.0883. The molecule has 0 atom stereocenters. The fraction of sp³-hybridized carbons (Fsp3) is 0.143. The van der Waals surface area contributed by atoms with Crippen LogP contribution in [0.15, 0.2) is 42.5 Å². The molecule has 0 saturated carbocycles. The van der Waals surface area contributed by atoms with Crippen molar-refractivity contribution in [3.05, 3.63) is 48.2 Å². The number of amides is 1. The summed E-state index contributed by atoms with van der Waals surface area (Å²) in [5.74, 6) is 0.429. The third kappa shape index (κ3) is 2.85. The summed E-state index contributed by atoms with van der Waals surface area (Å²) in [4.78, 5) is 15.1. The second kappa shape index (κ2) is 5.31. The number of aryl methyl sites for hydroxylation is 1. The summed E-state index contributed by atoms with van der Waals surface area (Å²) in [5.41, 5.74) is 7.86. The van der Waals surface area contributed by atoms with Crippen molar-refractivity contribution >= 4 is 6.09 Å². The molecule has 0 unspecified atom stereocenters. The number of pyridine rings is 1. The van der Waals surface area contributed by atoms with E-state index in [0.717, 1.165) is 23.4 Å². The van der Waals surface area contributed by atoms with Crippen LogP contribution in [0.4, 0.5) is 4.79 Å². The molecule has 1 amide bonds. The standard InChI is InChI=1S/C14H14N2O2/c1-2-11-4-3-5-13(16-11)10-6-8-12(9-7-10)18-14(15)17/h3-9H,2H2,1H3,(H2,15,17). The molecule has 0 fully saturated rings. The number of nitrogens with zero attached hydrogens (tertiary/aromatic N) is 1.